The van der Waals surface area contributed by atoms with Crippen LogP contribution in [-0.2, 0) is 12.6 Å². The van der Waals surface area contributed by atoms with Gasteiger partial charge in [-0.3, -0.25) is 4.98 Å². The van der Waals surface area contributed by atoms with E-state index in [0.29, 0.717) is 5.56 Å². The van der Waals surface area contributed by atoms with Crippen LogP contribution in [0, 0.1) is 0 Å². The number of aromatic nitrogens is 1. The lowest BCUT2D eigenvalue weighted by molar-refractivity contribution is -0.137. The lowest BCUT2D eigenvalue weighted by atomic mass is 9.99. The first-order chi connectivity index (χ1) is 9.05. The molecule has 0 unspecified atom stereocenters. The molecule has 1 aromatic carbocycles. The molecule has 98 valence electrons. The highest BCUT2D eigenvalue weighted by molar-refractivity contribution is 5.73. The molecule has 2 aromatic rings. The highest BCUT2D eigenvalue weighted by atomic mass is 19.4. The Morgan fingerprint density at radius 3 is 2.79 bits per heavy atom. The third-order valence-electron chi connectivity index (χ3n) is 3.26. The summed E-state index contributed by atoms with van der Waals surface area (Å²) in [5.41, 5.74) is 2.05. The highest BCUT2D eigenvalue weighted by Crippen LogP contribution is 2.38. The molecule has 0 fully saturated rings. The van der Waals surface area contributed by atoms with Gasteiger partial charge in [0.05, 0.1) is 5.56 Å². The maximum atomic E-state index is 13.0. The molecule has 1 N–H and O–H groups in total. The first-order valence-corrected chi connectivity index (χ1v) is 5.94. The quantitative estimate of drug-likeness (QED) is 0.848. The van der Waals surface area contributed by atoms with E-state index in [0.717, 1.165) is 36.5 Å². The zero-order valence-corrected chi connectivity index (χ0v) is 9.96. The molecule has 1 aliphatic rings. The molecule has 19 heavy (non-hydrogen) atoms. The minimum atomic E-state index is -4.37. The summed E-state index contributed by atoms with van der Waals surface area (Å²) in [4.78, 5) is 3.81. The number of alkyl halides is 3. The Labute approximate surface area is 108 Å². The molecular formula is C14H11F3N2. The van der Waals surface area contributed by atoms with E-state index in [1.165, 1.54) is 6.20 Å². The van der Waals surface area contributed by atoms with Crippen molar-refractivity contribution in [2.24, 2.45) is 0 Å². The molecule has 0 amide bonds. The van der Waals surface area contributed by atoms with Crippen molar-refractivity contribution in [2.45, 2.75) is 12.6 Å². The van der Waals surface area contributed by atoms with Gasteiger partial charge in [0.15, 0.2) is 0 Å². The van der Waals surface area contributed by atoms with Gasteiger partial charge in [-0.2, -0.15) is 13.2 Å². The second kappa shape index (κ2) is 4.26. The van der Waals surface area contributed by atoms with Crippen LogP contribution in [0.3, 0.4) is 0 Å². The number of anilines is 1. The summed E-state index contributed by atoms with van der Waals surface area (Å²) in [6, 6.07) is 6.36. The van der Waals surface area contributed by atoms with Crippen molar-refractivity contribution in [3.8, 4) is 11.1 Å². The van der Waals surface area contributed by atoms with Gasteiger partial charge in [-0.1, -0.05) is 12.1 Å². The van der Waals surface area contributed by atoms with Crippen LogP contribution in [0.15, 0.2) is 36.7 Å². The Hall–Kier alpha value is -2.04. The van der Waals surface area contributed by atoms with Crippen molar-refractivity contribution in [1.82, 2.24) is 4.98 Å². The van der Waals surface area contributed by atoms with E-state index in [4.69, 9.17) is 0 Å². The Bertz CT molecular complexity index is 620. The van der Waals surface area contributed by atoms with Gasteiger partial charge in [-0.15, -0.1) is 0 Å². The van der Waals surface area contributed by atoms with Crippen LogP contribution in [0.5, 0.6) is 0 Å². The Kier molecular flexibility index (Phi) is 2.69. The predicted octanol–water partition coefficient (Wildman–Crippen LogP) is 3.74. The van der Waals surface area contributed by atoms with Crippen LogP contribution in [-0.4, -0.2) is 11.5 Å². The first kappa shape index (κ1) is 12.0. The van der Waals surface area contributed by atoms with E-state index >= 15 is 0 Å². The number of rotatable bonds is 1. The third kappa shape index (κ3) is 2.16. The molecule has 0 aliphatic carbocycles. The molecule has 5 heteroatoms. The SMILES string of the molecule is FC(F)(F)c1ccncc1-c1ccc2c(c1)NCC2. The molecule has 3 rings (SSSR count). The van der Waals surface area contributed by atoms with E-state index in [1.807, 2.05) is 6.07 Å². The third-order valence-corrected chi connectivity index (χ3v) is 3.26. The monoisotopic (exact) mass is 264 g/mol. The van der Waals surface area contributed by atoms with Crippen molar-refractivity contribution in [1.29, 1.82) is 0 Å². The molecule has 2 heterocycles. The van der Waals surface area contributed by atoms with E-state index in [-0.39, 0.29) is 5.56 Å². The van der Waals surface area contributed by atoms with Crippen molar-refractivity contribution < 1.29 is 13.2 Å². The molecule has 0 bridgehead atoms. The van der Waals surface area contributed by atoms with Crippen LogP contribution in [0.2, 0.25) is 0 Å². The van der Waals surface area contributed by atoms with Gasteiger partial charge >= 0.3 is 6.18 Å². The Morgan fingerprint density at radius 2 is 2.00 bits per heavy atom. The number of hydrogen-bond acceptors (Lipinski definition) is 2. The normalized spacial score (nSPS) is 14.1. The summed E-state index contributed by atoms with van der Waals surface area (Å²) in [5.74, 6) is 0. The van der Waals surface area contributed by atoms with Gasteiger partial charge in [-0.05, 0) is 29.7 Å². The van der Waals surface area contributed by atoms with E-state index in [2.05, 4.69) is 10.3 Å². The molecule has 0 saturated carbocycles. The standard InChI is InChI=1S/C14H11F3N2/c15-14(16,17)12-4-5-18-8-11(12)10-2-1-9-3-6-19-13(9)7-10/h1-2,4-5,7-8,19H,3,6H2. The number of fused-ring (bicyclic) bond motifs is 1. The maximum Gasteiger partial charge on any atom is 0.417 e. The summed E-state index contributed by atoms with van der Waals surface area (Å²) in [5, 5.41) is 3.17. The molecule has 2 nitrogen and oxygen atoms in total. The van der Waals surface area contributed by atoms with E-state index in [1.54, 1.807) is 12.1 Å². The van der Waals surface area contributed by atoms with Gasteiger partial charge in [0.2, 0.25) is 0 Å². The molecule has 0 spiro atoms. The van der Waals surface area contributed by atoms with Crippen LogP contribution in [0.1, 0.15) is 11.1 Å². The number of benzene rings is 1. The fraction of sp³-hybridized carbons (Fsp3) is 0.214. The van der Waals surface area contributed by atoms with E-state index < -0.39 is 11.7 Å². The Morgan fingerprint density at radius 1 is 1.16 bits per heavy atom. The van der Waals surface area contributed by atoms with Crippen molar-refractivity contribution in [3.63, 3.8) is 0 Å². The molecule has 1 aromatic heterocycles. The number of pyridine rings is 1. The van der Waals surface area contributed by atoms with Gasteiger partial charge in [0.25, 0.3) is 0 Å². The fourth-order valence-electron chi connectivity index (χ4n) is 2.33. The zero-order chi connectivity index (χ0) is 13.5. The number of nitrogens with zero attached hydrogens (tertiary/aromatic N) is 1. The number of hydrogen-bond donors (Lipinski definition) is 1. The number of halogens is 3. The second-order valence-corrected chi connectivity index (χ2v) is 4.47. The van der Waals surface area contributed by atoms with Gasteiger partial charge in [0.1, 0.15) is 0 Å². The minimum Gasteiger partial charge on any atom is -0.384 e. The van der Waals surface area contributed by atoms with Crippen LogP contribution < -0.4 is 5.32 Å². The average molecular weight is 264 g/mol. The summed E-state index contributed by atoms with van der Waals surface area (Å²) >= 11 is 0. The summed E-state index contributed by atoms with van der Waals surface area (Å²) in [7, 11) is 0. The molecule has 0 saturated heterocycles. The summed E-state index contributed by atoms with van der Waals surface area (Å²) in [6.45, 7) is 0.831. The maximum absolute atomic E-state index is 13.0. The molecule has 0 atom stereocenters. The molecule has 0 radical (unpaired) electrons. The lowest BCUT2D eigenvalue weighted by Gasteiger charge is -2.13. The van der Waals surface area contributed by atoms with Crippen LogP contribution in [0.4, 0.5) is 18.9 Å². The molecule has 1 aliphatic heterocycles. The summed E-state index contributed by atoms with van der Waals surface area (Å²) < 4.78 is 38.9. The average Bonchev–Trinajstić information content (AvgIpc) is 2.85. The first-order valence-electron chi connectivity index (χ1n) is 5.94. The van der Waals surface area contributed by atoms with Crippen LogP contribution in [0.25, 0.3) is 11.1 Å². The number of nitrogens with one attached hydrogen (secondary N) is 1. The van der Waals surface area contributed by atoms with Crippen molar-refractivity contribution in [3.05, 3.63) is 47.8 Å². The van der Waals surface area contributed by atoms with Crippen molar-refractivity contribution >= 4 is 5.69 Å². The van der Waals surface area contributed by atoms with Gasteiger partial charge < -0.3 is 5.32 Å². The Balaban J connectivity index is 2.12. The minimum absolute atomic E-state index is 0.117. The van der Waals surface area contributed by atoms with Gasteiger partial charge in [0, 0.05) is 30.2 Å². The predicted molar refractivity (Wildman–Crippen MR) is 66.9 cm³/mol. The second-order valence-electron chi connectivity index (χ2n) is 4.47. The van der Waals surface area contributed by atoms with Crippen molar-refractivity contribution in [2.75, 3.05) is 11.9 Å². The smallest absolute Gasteiger partial charge is 0.384 e. The molecular weight excluding hydrogens is 253 g/mol. The highest BCUT2D eigenvalue weighted by Gasteiger charge is 2.33. The van der Waals surface area contributed by atoms with Gasteiger partial charge in [-0.25, -0.2) is 0 Å². The summed E-state index contributed by atoms with van der Waals surface area (Å²) in [6.07, 6.45) is -1.03. The van der Waals surface area contributed by atoms with Crippen LogP contribution >= 0.6 is 0 Å². The topological polar surface area (TPSA) is 24.9 Å². The largest absolute Gasteiger partial charge is 0.417 e. The zero-order valence-electron chi connectivity index (χ0n) is 9.96. The lowest BCUT2D eigenvalue weighted by Crippen LogP contribution is -2.07. The van der Waals surface area contributed by atoms with E-state index in [9.17, 15) is 13.2 Å². The fourth-order valence-corrected chi connectivity index (χ4v) is 2.33.